The molecule has 3 heteroatoms. The lowest BCUT2D eigenvalue weighted by Crippen LogP contribution is -2.26. The number of aryl methyl sites for hydroxylation is 1. The highest BCUT2D eigenvalue weighted by Crippen LogP contribution is 2.39. The maximum Gasteiger partial charge on any atom is 0.215 e. The van der Waals surface area contributed by atoms with E-state index in [4.69, 9.17) is 4.98 Å². The van der Waals surface area contributed by atoms with Gasteiger partial charge in [0.05, 0.1) is 16.6 Å². The highest BCUT2D eigenvalue weighted by atomic mass is 15.2. The van der Waals surface area contributed by atoms with Gasteiger partial charge in [-0.3, -0.25) is 4.57 Å². The first kappa shape index (κ1) is 17.7. The molecule has 2 heterocycles. The Morgan fingerprint density at radius 3 is 2.21 bits per heavy atom. The molecular weight excluding hydrogens is 354 g/mol. The minimum atomic E-state index is -0.127. The SMILES string of the molecule is CCC(C)(c1ccccc1)c1cc2ccccc2n1-c1nc2ccccc2n1C. The van der Waals surface area contributed by atoms with Crippen LogP contribution in [0.5, 0.6) is 0 Å². The van der Waals surface area contributed by atoms with Crippen molar-refractivity contribution in [2.24, 2.45) is 7.05 Å². The van der Waals surface area contributed by atoms with Crippen molar-refractivity contribution >= 4 is 21.9 Å². The zero-order valence-electron chi connectivity index (χ0n) is 17.1. The van der Waals surface area contributed by atoms with Crippen LogP contribution in [-0.2, 0) is 12.5 Å². The molecule has 0 fully saturated rings. The van der Waals surface area contributed by atoms with Crippen molar-refractivity contribution in [3.63, 3.8) is 0 Å². The fourth-order valence-electron chi connectivity index (χ4n) is 4.45. The molecule has 29 heavy (non-hydrogen) atoms. The molecule has 0 aliphatic heterocycles. The Kier molecular flexibility index (Phi) is 4.06. The van der Waals surface area contributed by atoms with Gasteiger partial charge >= 0.3 is 0 Å². The van der Waals surface area contributed by atoms with Crippen molar-refractivity contribution in [3.05, 3.63) is 96.2 Å². The maximum absolute atomic E-state index is 5.03. The summed E-state index contributed by atoms with van der Waals surface area (Å²) in [5.41, 5.74) is 5.82. The number of nitrogens with zero attached hydrogens (tertiary/aromatic N) is 3. The largest absolute Gasteiger partial charge is 0.313 e. The van der Waals surface area contributed by atoms with Crippen molar-refractivity contribution < 1.29 is 0 Å². The second kappa shape index (κ2) is 6.63. The predicted octanol–water partition coefficient (Wildman–Crippen LogP) is 6.23. The summed E-state index contributed by atoms with van der Waals surface area (Å²) in [5.74, 6) is 0.956. The van der Waals surface area contributed by atoms with Crippen molar-refractivity contribution in [1.29, 1.82) is 0 Å². The lowest BCUT2D eigenvalue weighted by atomic mass is 9.77. The van der Waals surface area contributed by atoms with E-state index in [9.17, 15) is 0 Å². The molecule has 0 radical (unpaired) electrons. The van der Waals surface area contributed by atoms with Crippen molar-refractivity contribution in [3.8, 4) is 5.95 Å². The van der Waals surface area contributed by atoms with Crippen LogP contribution in [0.1, 0.15) is 31.5 Å². The summed E-state index contributed by atoms with van der Waals surface area (Å²) >= 11 is 0. The zero-order valence-corrected chi connectivity index (χ0v) is 17.1. The molecule has 5 rings (SSSR count). The fraction of sp³-hybridized carbons (Fsp3) is 0.192. The number of benzene rings is 3. The number of rotatable bonds is 4. The third-order valence-corrected chi connectivity index (χ3v) is 6.36. The quantitative estimate of drug-likeness (QED) is 0.363. The maximum atomic E-state index is 5.03. The van der Waals surface area contributed by atoms with E-state index >= 15 is 0 Å². The molecule has 0 saturated carbocycles. The van der Waals surface area contributed by atoms with Gasteiger partial charge in [0.1, 0.15) is 0 Å². The monoisotopic (exact) mass is 379 g/mol. The van der Waals surface area contributed by atoms with Crippen LogP contribution in [-0.4, -0.2) is 14.1 Å². The topological polar surface area (TPSA) is 22.8 Å². The average Bonchev–Trinajstić information content (AvgIpc) is 3.32. The summed E-state index contributed by atoms with van der Waals surface area (Å²) in [6, 6.07) is 30.1. The van der Waals surface area contributed by atoms with Gasteiger partial charge in [-0.2, -0.15) is 0 Å². The van der Waals surface area contributed by atoms with Gasteiger partial charge in [-0.15, -0.1) is 0 Å². The van der Waals surface area contributed by atoms with Crippen LogP contribution in [0.15, 0.2) is 84.9 Å². The van der Waals surface area contributed by atoms with E-state index in [0.29, 0.717) is 0 Å². The van der Waals surface area contributed by atoms with E-state index in [1.54, 1.807) is 0 Å². The van der Waals surface area contributed by atoms with Crippen LogP contribution in [0.25, 0.3) is 27.9 Å². The third kappa shape index (κ3) is 2.61. The van der Waals surface area contributed by atoms with E-state index < -0.39 is 0 Å². The Hall–Kier alpha value is -3.33. The summed E-state index contributed by atoms with van der Waals surface area (Å²) in [5, 5.41) is 1.24. The molecule has 5 aromatic rings. The van der Waals surface area contributed by atoms with E-state index in [-0.39, 0.29) is 5.41 Å². The van der Waals surface area contributed by atoms with Crippen molar-refractivity contribution in [2.45, 2.75) is 25.7 Å². The molecular formula is C26H25N3. The Labute approximate surface area is 171 Å². The lowest BCUT2D eigenvalue weighted by Gasteiger charge is -2.30. The number of imidazole rings is 1. The molecule has 1 atom stereocenters. The second-order valence-corrected chi connectivity index (χ2v) is 7.94. The number of hydrogen-bond acceptors (Lipinski definition) is 1. The Balaban J connectivity index is 1.87. The molecule has 3 nitrogen and oxygen atoms in total. The summed E-state index contributed by atoms with van der Waals surface area (Å²) in [7, 11) is 2.11. The molecule has 1 unspecified atom stereocenters. The van der Waals surface area contributed by atoms with Crippen LogP contribution in [0.2, 0.25) is 0 Å². The molecule has 3 aromatic carbocycles. The molecule has 0 spiro atoms. The first-order chi connectivity index (χ1) is 14.1. The molecule has 144 valence electrons. The minimum Gasteiger partial charge on any atom is -0.313 e. The first-order valence-corrected chi connectivity index (χ1v) is 10.2. The summed E-state index contributed by atoms with van der Waals surface area (Å²) < 4.78 is 4.55. The second-order valence-electron chi connectivity index (χ2n) is 7.94. The molecule has 0 aliphatic carbocycles. The minimum absolute atomic E-state index is 0.127. The number of hydrogen-bond donors (Lipinski definition) is 0. The smallest absolute Gasteiger partial charge is 0.215 e. The normalized spacial score (nSPS) is 13.8. The van der Waals surface area contributed by atoms with E-state index in [2.05, 4.69) is 109 Å². The molecule has 0 saturated heterocycles. The zero-order chi connectivity index (χ0) is 20.0. The first-order valence-electron chi connectivity index (χ1n) is 10.2. The van der Waals surface area contributed by atoms with Gasteiger partial charge in [0, 0.05) is 23.5 Å². The third-order valence-electron chi connectivity index (χ3n) is 6.36. The lowest BCUT2D eigenvalue weighted by molar-refractivity contribution is 0.520. The Bertz CT molecular complexity index is 1310. The number of aromatic nitrogens is 3. The van der Waals surface area contributed by atoms with Crippen LogP contribution >= 0.6 is 0 Å². The van der Waals surface area contributed by atoms with E-state index in [1.807, 2.05) is 6.07 Å². The van der Waals surface area contributed by atoms with Gasteiger partial charge < -0.3 is 4.57 Å². The van der Waals surface area contributed by atoms with Crippen LogP contribution in [0, 0.1) is 0 Å². The van der Waals surface area contributed by atoms with Gasteiger partial charge in [0.15, 0.2) is 0 Å². The van der Waals surface area contributed by atoms with Crippen molar-refractivity contribution in [2.75, 3.05) is 0 Å². The van der Waals surface area contributed by atoms with Gasteiger partial charge in [-0.05, 0) is 43.2 Å². The van der Waals surface area contributed by atoms with Gasteiger partial charge in [0.2, 0.25) is 5.95 Å². The molecule has 0 amide bonds. The van der Waals surface area contributed by atoms with E-state index in [0.717, 1.165) is 23.4 Å². The average molecular weight is 380 g/mol. The summed E-state index contributed by atoms with van der Waals surface area (Å²) in [6.45, 7) is 4.61. The molecule has 2 aromatic heterocycles. The molecule has 0 N–H and O–H groups in total. The summed E-state index contributed by atoms with van der Waals surface area (Å²) in [4.78, 5) is 5.03. The predicted molar refractivity (Wildman–Crippen MR) is 121 cm³/mol. The van der Waals surface area contributed by atoms with Crippen LogP contribution < -0.4 is 0 Å². The molecule has 0 aliphatic rings. The highest BCUT2D eigenvalue weighted by Gasteiger charge is 2.32. The number of para-hydroxylation sites is 3. The molecule has 0 bridgehead atoms. The van der Waals surface area contributed by atoms with Crippen molar-refractivity contribution in [1.82, 2.24) is 14.1 Å². The standard InChI is InChI=1S/C26H25N3/c1-4-26(2,20-13-6-5-7-14-20)24-18-19-12-8-10-16-22(19)29(24)25-27-21-15-9-11-17-23(21)28(25)3/h5-18H,4H2,1-3H3. The van der Waals surface area contributed by atoms with Gasteiger partial charge in [-0.1, -0.05) is 67.6 Å². The Morgan fingerprint density at radius 1 is 0.828 bits per heavy atom. The fourth-order valence-corrected chi connectivity index (χ4v) is 4.45. The van der Waals surface area contributed by atoms with Crippen LogP contribution in [0.4, 0.5) is 0 Å². The van der Waals surface area contributed by atoms with Gasteiger partial charge in [0.25, 0.3) is 0 Å². The summed E-state index contributed by atoms with van der Waals surface area (Å²) in [6.07, 6.45) is 0.997. The van der Waals surface area contributed by atoms with Crippen LogP contribution in [0.3, 0.4) is 0 Å². The Morgan fingerprint density at radius 2 is 1.48 bits per heavy atom. The highest BCUT2D eigenvalue weighted by molar-refractivity contribution is 5.85. The number of fused-ring (bicyclic) bond motifs is 2. The van der Waals surface area contributed by atoms with Gasteiger partial charge in [-0.25, -0.2) is 4.98 Å². The van der Waals surface area contributed by atoms with E-state index in [1.165, 1.54) is 22.2 Å².